The number of nitrogens with zero attached hydrogens (tertiary/aromatic N) is 1. The van der Waals surface area contributed by atoms with E-state index in [1.807, 2.05) is 36.4 Å². The molecule has 0 aliphatic carbocycles. The zero-order chi connectivity index (χ0) is 18.2. The van der Waals surface area contributed by atoms with Crippen molar-refractivity contribution in [3.63, 3.8) is 0 Å². The maximum absolute atomic E-state index is 6.99. The lowest BCUT2D eigenvalue weighted by Crippen LogP contribution is -1.93. The molecule has 128 valence electrons. The first-order chi connectivity index (χ1) is 13.3. The van der Waals surface area contributed by atoms with Gasteiger partial charge in [-0.1, -0.05) is 103 Å². The number of pyridine rings is 1. The van der Waals surface area contributed by atoms with Crippen LogP contribution in [-0.4, -0.2) is 4.98 Å². The monoisotopic (exact) mass is 365 g/mol. The molecular weight excluding hydrogens is 350 g/mol. The average molecular weight is 366 g/mol. The highest BCUT2D eigenvalue weighted by Crippen LogP contribution is 2.42. The minimum absolute atomic E-state index is 0.691. The van der Waals surface area contributed by atoms with Gasteiger partial charge in [0, 0.05) is 16.5 Å². The molecule has 0 saturated carbocycles. The second kappa shape index (κ2) is 6.53. The summed E-state index contributed by atoms with van der Waals surface area (Å²) in [5.74, 6) is 0. The standard InChI is InChI=1S/C25H16ClN/c26-24-22(18-10-3-1-4-11-18)23-20-14-8-7-9-17(20)15-16-21(23)27-25(24)19-12-5-2-6-13-19/h1-16H. The molecule has 0 aliphatic heterocycles. The van der Waals surface area contributed by atoms with E-state index in [1.165, 1.54) is 10.8 Å². The molecule has 5 aromatic rings. The van der Waals surface area contributed by atoms with Crippen LogP contribution in [0.25, 0.3) is 44.1 Å². The molecule has 0 N–H and O–H groups in total. The predicted octanol–water partition coefficient (Wildman–Crippen LogP) is 7.38. The van der Waals surface area contributed by atoms with E-state index in [9.17, 15) is 0 Å². The highest BCUT2D eigenvalue weighted by Gasteiger charge is 2.18. The summed E-state index contributed by atoms with van der Waals surface area (Å²) in [7, 11) is 0. The molecule has 1 nitrogen and oxygen atoms in total. The highest BCUT2D eigenvalue weighted by molar-refractivity contribution is 6.38. The van der Waals surface area contributed by atoms with Crippen LogP contribution in [0.5, 0.6) is 0 Å². The molecule has 4 aromatic carbocycles. The normalized spacial score (nSPS) is 11.1. The van der Waals surface area contributed by atoms with E-state index in [0.29, 0.717) is 5.02 Å². The third kappa shape index (κ3) is 2.68. The average Bonchev–Trinajstić information content (AvgIpc) is 2.74. The van der Waals surface area contributed by atoms with E-state index in [4.69, 9.17) is 16.6 Å². The summed E-state index contributed by atoms with van der Waals surface area (Å²) in [5, 5.41) is 4.15. The van der Waals surface area contributed by atoms with E-state index in [1.54, 1.807) is 0 Å². The number of hydrogen-bond acceptors (Lipinski definition) is 1. The van der Waals surface area contributed by atoms with Gasteiger partial charge in [-0.05, 0) is 22.4 Å². The molecule has 0 fully saturated rings. The van der Waals surface area contributed by atoms with Gasteiger partial charge in [0.15, 0.2) is 0 Å². The smallest absolute Gasteiger partial charge is 0.0902 e. The van der Waals surface area contributed by atoms with Crippen LogP contribution in [0.1, 0.15) is 0 Å². The Bertz CT molecular complexity index is 1260. The van der Waals surface area contributed by atoms with Crippen molar-refractivity contribution in [3.8, 4) is 22.4 Å². The molecule has 0 atom stereocenters. The number of rotatable bonds is 2. The molecule has 27 heavy (non-hydrogen) atoms. The Labute approximate surface area is 162 Å². The van der Waals surface area contributed by atoms with Gasteiger partial charge in [0.2, 0.25) is 0 Å². The maximum Gasteiger partial charge on any atom is 0.0902 e. The minimum atomic E-state index is 0.691. The lowest BCUT2D eigenvalue weighted by molar-refractivity contribution is 1.40. The molecular formula is C25H16ClN. The van der Waals surface area contributed by atoms with Crippen LogP contribution in [0.2, 0.25) is 5.02 Å². The molecule has 0 unspecified atom stereocenters. The van der Waals surface area contributed by atoms with Gasteiger partial charge in [-0.2, -0.15) is 0 Å². The maximum atomic E-state index is 6.99. The van der Waals surface area contributed by atoms with Crippen molar-refractivity contribution in [2.24, 2.45) is 0 Å². The Morgan fingerprint density at radius 2 is 1.22 bits per heavy atom. The number of aromatic nitrogens is 1. The van der Waals surface area contributed by atoms with Crippen molar-refractivity contribution in [1.29, 1.82) is 0 Å². The van der Waals surface area contributed by atoms with Gasteiger partial charge >= 0.3 is 0 Å². The van der Waals surface area contributed by atoms with E-state index in [0.717, 1.165) is 33.3 Å². The van der Waals surface area contributed by atoms with Crippen molar-refractivity contribution in [3.05, 3.63) is 102 Å². The lowest BCUT2D eigenvalue weighted by atomic mass is 9.94. The number of halogens is 1. The van der Waals surface area contributed by atoms with Crippen molar-refractivity contribution in [1.82, 2.24) is 4.98 Å². The predicted molar refractivity (Wildman–Crippen MR) is 115 cm³/mol. The first-order valence-electron chi connectivity index (χ1n) is 8.95. The zero-order valence-electron chi connectivity index (χ0n) is 14.6. The molecule has 0 bridgehead atoms. The van der Waals surface area contributed by atoms with Crippen LogP contribution in [0.4, 0.5) is 0 Å². The fourth-order valence-corrected chi connectivity index (χ4v) is 4.03. The van der Waals surface area contributed by atoms with Gasteiger partial charge in [0.05, 0.1) is 16.2 Å². The molecule has 1 heterocycles. The second-order valence-electron chi connectivity index (χ2n) is 6.56. The Morgan fingerprint density at radius 3 is 1.96 bits per heavy atom. The first-order valence-corrected chi connectivity index (χ1v) is 9.32. The van der Waals surface area contributed by atoms with Crippen molar-refractivity contribution >= 4 is 33.3 Å². The van der Waals surface area contributed by atoms with E-state index in [-0.39, 0.29) is 0 Å². The molecule has 5 rings (SSSR count). The van der Waals surface area contributed by atoms with Gasteiger partial charge in [-0.25, -0.2) is 4.98 Å². The van der Waals surface area contributed by atoms with Crippen LogP contribution in [0.15, 0.2) is 97.1 Å². The molecule has 2 heteroatoms. The minimum Gasteiger partial charge on any atom is -0.246 e. The molecule has 0 spiro atoms. The third-order valence-corrected chi connectivity index (χ3v) is 5.29. The van der Waals surface area contributed by atoms with Crippen LogP contribution in [-0.2, 0) is 0 Å². The summed E-state index contributed by atoms with van der Waals surface area (Å²) in [4.78, 5) is 4.95. The molecule has 0 radical (unpaired) electrons. The SMILES string of the molecule is Clc1c(-c2ccccc2)nc2ccc3ccccc3c2c1-c1ccccc1. The van der Waals surface area contributed by atoms with Gasteiger partial charge in [0.1, 0.15) is 0 Å². The summed E-state index contributed by atoms with van der Waals surface area (Å²) in [6, 6.07) is 33.1. The number of hydrogen-bond donors (Lipinski definition) is 0. The summed E-state index contributed by atoms with van der Waals surface area (Å²) in [5.41, 5.74) is 4.94. The molecule has 0 amide bonds. The highest BCUT2D eigenvalue weighted by atomic mass is 35.5. The van der Waals surface area contributed by atoms with Gasteiger partial charge < -0.3 is 0 Å². The number of fused-ring (bicyclic) bond motifs is 3. The largest absolute Gasteiger partial charge is 0.246 e. The van der Waals surface area contributed by atoms with Crippen molar-refractivity contribution in [2.75, 3.05) is 0 Å². The Kier molecular flexibility index (Phi) is 3.88. The third-order valence-electron chi connectivity index (χ3n) is 4.93. The summed E-state index contributed by atoms with van der Waals surface area (Å²) >= 11 is 6.99. The van der Waals surface area contributed by atoms with E-state index >= 15 is 0 Å². The molecule has 1 aromatic heterocycles. The van der Waals surface area contributed by atoms with E-state index < -0.39 is 0 Å². The summed E-state index contributed by atoms with van der Waals surface area (Å²) < 4.78 is 0. The van der Waals surface area contributed by atoms with E-state index in [2.05, 4.69) is 60.7 Å². The van der Waals surface area contributed by atoms with Crippen molar-refractivity contribution in [2.45, 2.75) is 0 Å². The van der Waals surface area contributed by atoms with Crippen LogP contribution in [0.3, 0.4) is 0 Å². The Balaban J connectivity index is 1.98. The Morgan fingerprint density at radius 1 is 0.593 bits per heavy atom. The second-order valence-corrected chi connectivity index (χ2v) is 6.94. The summed E-state index contributed by atoms with van der Waals surface area (Å²) in [6.45, 7) is 0. The van der Waals surface area contributed by atoms with Crippen molar-refractivity contribution < 1.29 is 0 Å². The van der Waals surface area contributed by atoms with Crippen LogP contribution >= 0.6 is 11.6 Å². The molecule has 0 aliphatic rings. The van der Waals surface area contributed by atoms with Crippen LogP contribution in [0, 0.1) is 0 Å². The first kappa shape index (κ1) is 16.0. The van der Waals surface area contributed by atoms with Gasteiger partial charge in [0.25, 0.3) is 0 Å². The topological polar surface area (TPSA) is 12.9 Å². The van der Waals surface area contributed by atoms with Gasteiger partial charge in [-0.3, -0.25) is 0 Å². The summed E-state index contributed by atoms with van der Waals surface area (Å²) in [6.07, 6.45) is 0. The number of benzene rings is 4. The lowest BCUT2D eigenvalue weighted by Gasteiger charge is -2.15. The quantitative estimate of drug-likeness (QED) is 0.297. The Hall–Kier alpha value is -3.16. The molecule has 0 saturated heterocycles. The fraction of sp³-hybridized carbons (Fsp3) is 0. The van der Waals surface area contributed by atoms with Crippen LogP contribution < -0.4 is 0 Å². The van der Waals surface area contributed by atoms with Gasteiger partial charge in [-0.15, -0.1) is 0 Å². The fourth-order valence-electron chi connectivity index (χ4n) is 3.68. The zero-order valence-corrected chi connectivity index (χ0v) is 15.3.